The first kappa shape index (κ1) is 17.3. The summed E-state index contributed by atoms with van der Waals surface area (Å²) in [7, 11) is 0. The predicted molar refractivity (Wildman–Crippen MR) is 98.7 cm³/mol. The summed E-state index contributed by atoms with van der Waals surface area (Å²) in [4.78, 5) is 9.55. The van der Waals surface area contributed by atoms with Crippen molar-refractivity contribution in [1.29, 1.82) is 0 Å². The molecule has 0 aliphatic heterocycles. The summed E-state index contributed by atoms with van der Waals surface area (Å²) < 4.78 is 11.5. The number of hydrogen-bond acceptors (Lipinski definition) is 4. The van der Waals surface area contributed by atoms with E-state index in [4.69, 9.17) is 18.8 Å². The van der Waals surface area contributed by atoms with Crippen molar-refractivity contribution in [3.63, 3.8) is 0 Å². The lowest BCUT2D eigenvalue weighted by molar-refractivity contribution is -0.593. The van der Waals surface area contributed by atoms with Gasteiger partial charge in [-0.1, -0.05) is 42.5 Å². The lowest BCUT2D eigenvalue weighted by Crippen LogP contribution is -3.00. The van der Waals surface area contributed by atoms with E-state index in [-0.39, 0.29) is 12.4 Å². The standard InChI is InChI=1S/C21H15N3O2.ClH/c1-2-7-14(8-3-1)20-23-18-16-10-4-5-11-17(16)26-19(18)21(24-20)22-13-15-9-6-12-25-15;/h1-12H,13H2,(H,22,23,24);1H. The van der Waals surface area contributed by atoms with Crippen LogP contribution in [0.25, 0.3) is 33.5 Å². The Balaban J connectivity index is 0.00000180. The molecule has 0 fully saturated rings. The van der Waals surface area contributed by atoms with Gasteiger partial charge in [-0.2, -0.15) is 4.98 Å². The quantitative estimate of drug-likeness (QED) is 0.508. The molecule has 3 aromatic heterocycles. The van der Waals surface area contributed by atoms with Gasteiger partial charge in [-0.05, 0) is 24.3 Å². The van der Waals surface area contributed by atoms with Crippen LogP contribution in [0.5, 0.6) is 0 Å². The average Bonchev–Trinajstić information content (AvgIpc) is 3.34. The highest BCUT2D eigenvalue weighted by Crippen LogP contribution is 2.31. The number of benzene rings is 2. The zero-order chi connectivity index (χ0) is 17.3. The van der Waals surface area contributed by atoms with Crippen molar-refractivity contribution in [2.45, 2.75) is 6.54 Å². The first-order valence-electron chi connectivity index (χ1n) is 8.49. The van der Waals surface area contributed by atoms with Gasteiger partial charge in [-0.25, -0.2) is 4.98 Å². The Hall–Kier alpha value is -3.15. The molecule has 0 saturated carbocycles. The molecule has 0 unspecified atom stereocenters. The van der Waals surface area contributed by atoms with E-state index in [9.17, 15) is 0 Å². The number of nitrogens with zero attached hydrogens (tertiary/aromatic N) is 2. The van der Waals surface area contributed by atoms with Crippen molar-refractivity contribution in [1.82, 2.24) is 9.97 Å². The number of aromatic nitrogens is 2. The van der Waals surface area contributed by atoms with E-state index in [1.807, 2.05) is 72.0 Å². The third kappa shape index (κ3) is 3.18. The molecule has 2 N–H and O–H groups in total. The summed E-state index contributed by atoms with van der Waals surface area (Å²) in [5.41, 5.74) is 3.33. The molecule has 0 atom stereocenters. The molecule has 134 valence electrons. The highest BCUT2D eigenvalue weighted by molar-refractivity contribution is 6.05. The van der Waals surface area contributed by atoms with Crippen LogP contribution in [0.4, 0.5) is 5.82 Å². The van der Waals surface area contributed by atoms with Gasteiger partial charge in [0.15, 0.2) is 11.6 Å². The van der Waals surface area contributed by atoms with E-state index in [0.717, 1.165) is 33.6 Å². The van der Waals surface area contributed by atoms with Crippen molar-refractivity contribution in [2.24, 2.45) is 0 Å². The van der Waals surface area contributed by atoms with Gasteiger partial charge in [0.25, 0.3) is 5.82 Å². The van der Waals surface area contributed by atoms with Crippen molar-refractivity contribution in [3.8, 4) is 11.4 Å². The SMILES string of the molecule is [Cl-].c1ccc(-c2nc([NH2+]Cc3ccco3)c3oc4ccccc4c3n2)cc1. The maximum absolute atomic E-state index is 6.06. The van der Waals surface area contributed by atoms with Crippen LogP contribution >= 0.6 is 0 Å². The monoisotopic (exact) mass is 377 g/mol. The molecule has 0 aliphatic rings. The zero-order valence-electron chi connectivity index (χ0n) is 14.3. The molecular formula is C21H16ClN3O2. The molecule has 6 heteroatoms. The summed E-state index contributed by atoms with van der Waals surface area (Å²) in [6.07, 6.45) is 1.68. The summed E-state index contributed by atoms with van der Waals surface area (Å²) in [5, 5.41) is 3.02. The van der Waals surface area contributed by atoms with Crippen molar-refractivity contribution < 1.29 is 26.6 Å². The smallest absolute Gasteiger partial charge is 0.272 e. The Kier molecular flexibility index (Phi) is 4.62. The van der Waals surface area contributed by atoms with Crippen LogP contribution in [0.15, 0.2) is 81.8 Å². The highest BCUT2D eigenvalue weighted by atomic mass is 35.5. The fraction of sp³-hybridized carbons (Fsp3) is 0.0476. The van der Waals surface area contributed by atoms with Gasteiger partial charge in [-0.15, -0.1) is 0 Å². The second kappa shape index (κ2) is 7.23. The maximum Gasteiger partial charge on any atom is 0.272 e. The fourth-order valence-electron chi connectivity index (χ4n) is 3.09. The van der Waals surface area contributed by atoms with Crippen LogP contribution in [0.3, 0.4) is 0 Å². The molecule has 5 aromatic rings. The summed E-state index contributed by atoms with van der Waals surface area (Å²) >= 11 is 0. The zero-order valence-corrected chi connectivity index (χ0v) is 15.1. The minimum absolute atomic E-state index is 0. The number of rotatable bonds is 4. The maximum atomic E-state index is 6.06. The number of halogens is 1. The fourth-order valence-corrected chi connectivity index (χ4v) is 3.09. The minimum Gasteiger partial charge on any atom is -1.00 e. The summed E-state index contributed by atoms with van der Waals surface area (Å²) in [6.45, 7) is 0.643. The molecular weight excluding hydrogens is 362 g/mol. The Bertz CT molecular complexity index is 1180. The largest absolute Gasteiger partial charge is 1.00 e. The Morgan fingerprint density at radius 1 is 0.852 bits per heavy atom. The molecule has 5 nitrogen and oxygen atoms in total. The van der Waals surface area contributed by atoms with Crippen LogP contribution in [-0.2, 0) is 6.54 Å². The third-order valence-electron chi connectivity index (χ3n) is 4.35. The van der Waals surface area contributed by atoms with E-state index in [2.05, 4.69) is 0 Å². The predicted octanol–water partition coefficient (Wildman–Crippen LogP) is 1.04. The summed E-state index contributed by atoms with van der Waals surface area (Å²) in [6, 6.07) is 21.8. The van der Waals surface area contributed by atoms with Crippen molar-refractivity contribution in [2.75, 3.05) is 0 Å². The average molecular weight is 378 g/mol. The van der Waals surface area contributed by atoms with E-state index >= 15 is 0 Å². The second-order valence-corrected chi connectivity index (χ2v) is 6.06. The highest BCUT2D eigenvalue weighted by Gasteiger charge is 2.19. The number of quaternary nitrogens is 1. The molecule has 2 aromatic carbocycles. The second-order valence-electron chi connectivity index (χ2n) is 6.06. The molecule has 27 heavy (non-hydrogen) atoms. The number of hydrogen-bond donors (Lipinski definition) is 1. The van der Waals surface area contributed by atoms with Crippen LogP contribution < -0.4 is 17.7 Å². The van der Waals surface area contributed by atoms with E-state index in [0.29, 0.717) is 18.0 Å². The van der Waals surface area contributed by atoms with Gasteiger partial charge in [-0.3, -0.25) is 5.32 Å². The van der Waals surface area contributed by atoms with E-state index in [1.165, 1.54) is 0 Å². The summed E-state index contributed by atoms with van der Waals surface area (Å²) in [5.74, 6) is 2.35. The molecule has 0 spiro atoms. The van der Waals surface area contributed by atoms with Crippen molar-refractivity contribution in [3.05, 3.63) is 78.8 Å². The first-order chi connectivity index (χ1) is 12.9. The molecule has 5 rings (SSSR count). The number of fused-ring (bicyclic) bond motifs is 3. The molecule has 0 bridgehead atoms. The Morgan fingerprint density at radius 3 is 2.48 bits per heavy atom. The molecule has 0 aliphatic carbocycles. The molecule has 0 radical (unpaired) electrons. The van der Waals surface area contributed by atoms with Gasteiger partial charge in [0.2, 0.25) is 5.58 Å². The van der Waals surface area contributed by atoms with E-state index < -0.39 is 0 Å². The lowest BCUT2D eigenvalue weighted by Gasteiger charge is -2.03. The first-order valence-corrected chi connectivity index (χ1v) is 8.49. The molecule has 3 heterocycles. The van der Waals surface area contributed by atoms with E-state index in [1.54, 1.807) is 6.26 Å². The van der Waals surface area contributed by atoms with Gasteiger partial charge in [0.1, 0.15) is 17.6 Å². The van der Waals surface area contributed by atoms with Crippen LogP contribution in [0, 0.1) is 0 Å². The Labute approximate surface area is 161 Å². The normalized spacial score (nSPS) is 11.0. The van der Waals surface area contributed by atoms with Gasteiger partial charge in [0.05, 0.1) is 6.26 Å². The van der Waals surface area contributed by atoms with Crippen LogP contribution in [0.1, 0.15) is 5.76 Å². The van der Waals surface area contributed by atoms with Gasteiger partial charge >= 0.3 is 0 Å². The topological polar surface area (TPSA) is 68.7 Å². The number of furan rings is 2. The number of nitrogens with two attached hydrogens (primary N) is 1. The third-order valence-corrected chi connectivity index (χ3v) is 4.35. The van der Waals surface area contributed by atoms with Crippen molar-refractivity contribution >= 4 is 27.9 Å². The van der Waals surface area contributed by atoms with Gasteiger partial charge < -0.3 is 21.2 Å². The van der Waals surface area contributed by atoms with Gasteiger partial charge in [0, 0.05) is 10.9 Å². The lowest BCUT2D eigenvalue weighted by atomic mass is 10.2. The Morgan fingerprint density at radius 2 is 1.67 bits per heavy atom. The van der Waals surface area contributed by atoms with Crippen LogP contribution in [0.2, 0.25) is 0 Å². The molecule has 0 saturated heterocycles. The van der Waals surface area contributed by atoms with Crippen LogP contribution in [-0.4, -0.2) is 9.97 Å². The molecule has 0 amide bonds. The number of para-hydroxylation sites is 1. The minimum atomic E-state index is 0.